The van der Waals surface area contributed by atoms with Gasteiger partial charge in [-0.1, -0.05) is 42.5 Å². The van der Waals surface area contributed by atoms with E-state index in [1.54, 1.807) is 42.1 Å². The van der Waals surface area contributed by atoms with Crippen molar-refractivity contribution in [1.29, 1.82) is 5.26 Å². The Balaban J connectivity index is 0.000000408. The molecular formula is C32H30F6N6O6. The number of hydrogen-bond acceptors (Lipinski definition) is 9. The Morgan fingerprint density at radius 3 is 2.10 bits per heavy atom. The molecule has 12 nitrogen and oxygen atoms in total. The number of aryl methyl sites for hydroxylation is 1. The standard InChI is InChI=1S/C28H28N6O2.2C2HF3O2/c1-28(35,23-10-8-19(13-29)9-11-23)18-32-26(20-6-4-3-5-7-20)25-16-30-24-12-21(14-31-27(24)36-25)22-15-33-34(2)17-22;2*3-2(4,5)1(6)7/h3-12,14-15,17,25-26,30,32,35H,16,18H2,1-2H3;2*(H,6,7)/t25-,26+,28+;;/m0../s1. The molecule has 0 bridgehead atoms. The number of carboxylic acid groups (broad SMARTS) is 2. The third kappa shape index (κ3) is 10.9. The molecule has 0 radical (unpaired) electrons. The molecule has 1 aliphatic rings. The van der Waals surface area contributed by atoms with Gasteiger partial charge in [-0.2, -0.15) is 36.7 Å². The van der Waals surface area contributed by atoms with Gasteiger partial charge in [0, 0.05) is 37.1 Å². The van der Waals surface area contributed by atoms with Gasteiger partial charge in [-0.05, 0) is 36.2 Å². The fourth-order valence-electron chi connectivity index (χ4n) is 4.42. The number of aliphatic carboxylic acids is 2. The molecule has 50 heavy (non-hydrogen) atoms. The largest absolute Gasteiger partial charge is 0.490 e. The number of pyridine rings is 1. The molecule has 3 heterocycles. The quantitative estimate of drug-likeness (QED) is 0.162. The van der Waals surface area contributed by atoms with Gasteiger partial charge in [-0.25, -0.2) is 14.6 Å². The topological polar surface area (TPSA) is 183 Å². The number of carbonyl (C=O) groups is 2. The minimum atomic E-state index is -5.08. The van der Waals surface area contributed by atoms with Crippen molar-refractivity contribution < 1.29 is 56.0 Å². The molecule has 2 aromatic heterocycles. The summed E-state index contributed by atoms with van der Waals surface area (Å²) in [6.07, 6.45) is -4.87. The predicted molar refractivity (Wildman–Crippen MR) is 165 cm³/mol. The van der Waals surface area contributed by atoms with Crippen LogP contribution in [0.15, 0.2) is 79.3 Å². The van der Waals surface area contributed by atoms with Crippen LogP contribution in [0.5, 0.6) is 5.88 Å². The zero-order valence-electron chi connectivity index (χ0n) is 26.2. The van der Waals surface area contributed by atoms with E-state index in [1.165, 1.54) is 0 Å². The summed E-state index contributed by atoms with van der Waals surface area (Å²) in [5.74, 6) is -4.97. The summed E-state index contributed by atoms with van der Waals surface area (Å²) >= 11 is 0. The van der Waals surface area contributed by atoms with Crippen molar-refractivity contribution in [3.63, 3.8) is 0 Å². The molecule has 5 N–H and O–H groups in total. The van der Waals surface area contributed by atoms with Crippen molar-refractivity contribution in [2.24, 2.45) is 7.05 Å². The lowest BCUT2D eigenvalue weighted by Gasteiger charge is -2.35. The van der Waals surface area contributed by atoms with Crippen molar-refractivity contribution in [3.05, 3.63) is 95.9 Å². The Morgan fingerprint density at radius 2 is 1.60 bits per heavy atom. The number of nitriles is 1. The van der Waals surface area contributed by atoms with Crippen LogP contribution in [0, 0.1) is 11.3 Å². The fourth-order valence-corrected chi connectivity index (χ4v) is 4.42. The Hall–Kier alpha value is -5.67. The number of alkyl halides is 6. The Kier molecular flexibility index (Phi) is 12.5. The maximum absolute atomic E-state index is 11.2. The number of halogens is 6. The molecule has 0 amide bonds. The molecule has 4 aromatic rings. The van der Waals surface area contributed by atoms with Gasteiger partial charge >= 0.3 is 24.3 Å². The van der Waals surface area contributed by atoms with E-state index < -0.39 is 29.9 Å². The number of aromatic nitrogens is 3. The molecule has 0 saturated heterocycles. The second-order valence-corrected chi connectivity index (χ2v) is 10.9. The van der Waals surface area contributed by atoms with E-state index in [9.17, 15) is 31.4 Å². The normalized spacial score (nSPS) is 15.5. The van der Waals surface area contributed by atoms with E-state index in [4.69, 9.17) is 29.8 Å². The number of carboxylic acids is 2. The van der Waals surface area contributed by atoms with Gasteiger partial charge in [0.2, 0.25) is 5.88 Å². The summed E-state index contributed by atoms with van der Waals surface area (Å²) in [4.78, 5) is 22.4. The van der Waals surface area contributed by atoms with Crippen LogP contribution < -0.4 is 15.4 Å². The lowest BCUT2D eigenvalue weighted by atomic mass is 9.93. The Morgan fingerprint density at radius 1 is 1.02 bits per heavy atom. The number of aliphatic hydroxyl groups is 1. The molecule has 0 fully saturated rings. The number of nitrogens with zero attached hydrogens (tertiary/aromatic N) is 4. The molecule has 3 atom stereocenters. The van der Waals surface area contributed by atoms with Gasteiger partial charge in [0.15, 0.2) is 0 Å². The molecule has 266 valence electrons. The molecule has 0 unspecified atom stereocenters. The van der Waals surface area contributed by atoms with Crippen molar-refractivity contribution in [1.82, 2.24) is 20.1 Å². The van der Waals surface area contributed by atoms with Crippen LogP contribution in [-0.2, 0) is 22.2 Å². The SMILES string of the molecule is Cn1cc(-c2cnc3c(c2)NC[C@@H]([C@H](NC[C@@](C)(O)c2ccc(C#N)cc2)c2ccccc2)O3)cn1.O=C(O)C(F)(F)F.O=C(O)C(F)(F)F. The maximum atomic E-state index is 11.2. The van der Waals surface area contributed by atoms with Crippen LogP contribution in [-0.4, -0.2) is 73.6 Å². The minimum Gasteiger partial charge on any atom is -0.475 e. The summed E-state index contributed by atoms with van der Waals surface area (Å²) in [7, 11) is 1.89. The zero-order valence-corrected chi connectivity index (χ0v) is 26.2. The second kappa shape index (κ2) is 16.2. The van der Waals surface area contributed by atoms with E-state index in [1.807, 2.05) is 55.8 Å². The fraction of sp³-hybridized carbons (Fsp3) is 0.281. The summed E-state index contributed by atoms with van der Waals surface area (Å²) in [5.41, 5.74) is 4.00. The number of fused-ring (bicyclic) bond motifs is 1. The lowest BCUT2D eigenvalue weighted by molar-refractivity contribution is -0.193. The summed E-state index contributed by atoms with van der Waals surface area (Å²) in [6.45, 7) is 2.62. The third-order valence-corrected chi connectivity index (χ3v) is 6.96. The number of rotatable bonds is 7. The maximum Gasteiger partial charge on any atom is 0.490 e. The molecule has 18 heteroatoms. The van der Waals surface area contributed by atoms with Gasteiger partial charge in [-0.3, -0.25) is 4.68 Å². The average Bonchev–Trinajstić information content (AvgIpc) is 3.51. The van der Waals surface area contributed by atoms with Crippen molar-refractivity contribution >= 4 is 17.6 Å². The number of nitrogens with one attached hydrogen (secondary N) is 2. The number of ether oxygens (including phenoxy) is 1. The Bertz CT molecular complexity index is 1770. The van der Waals surface area contributed by atoms with E-state index >= 15 is 0 Å². The van der Waals surface area contributed by atoms with E-state index in [0.717, 1.165) is 27.9 Å². The summed E-state index contributed by atoms with van der Waals surface area (Å²) in [5, 5.41) is 45.8. The monoisotopic (exact) mass is 708 g/mol. The van der Waals surface area contributed by atoms with Crippen LogP contribution in [0.2, 0.25) is 0 Å². The van der Waals surface area contributed by atoms with Gasteiger partial charge in [0.05, 0.1) is 41.7 Å². The first-order chi connectivity index (χ1) is 23.3. The first kappa shape index (κ1) is 38.8. The zero-order chi connectivity index (χ0) is 37.3. The van der Waals surface area contributed by atoms with Gasteiger partial charge in [0.25, 0.3) is 0 Å². The highest BCUT2D eigenvalue weighted by atomic mass is 19.4. The smallest absolute Gasteiger partial charge is 0.475 e. The number of hydrogen-bond donors (Lipinski definition) is 5. The average molecular weight is 709 g/mol. The predicted octanol–water partition coefficient (Wildman–Crippen LogP) is 5.03. The van der Waals surface area contributed by atoms with Crippen molar-refractivity contribution in [2.45, 2.75) is 37.0 Å². The molecule has 2 aromatic carbocycles. The van der Waals surface area contributed by atoms with Crippen molar-refractivity contribution in [2.75, 3.05) is 18.4 Å². The lowest BCUT2D eigenvalue weighted by Crippen LogP contribution is -2.46. The van der Waals surface area contributed by atoms with Gasteiger partial charge in [-0.15, -0.1) is 0 Å². The van der Waals surface area contributed by atoms with Crippen LogP contribution >= 0.6 is 0 Å². The first-order valence-corrected chi connectivity index (χ1v) is 14.3. The highest BCUT2D eigenvalue weighted by molar-refractivity contribution is 5.73. The Labute approximate surface area is 280 Å². The minimum absolute atomic E-state index is 0.198. The van der Waals surface area contributed by atoms with Crippen LogP contribution in [0.1, 0.15) is 29.7 Å². The molecule has 0 aliphatic carbocycles. The molecular weight excluding hydrogens is 678 g/mol. The number of benzene rings is 2. The molecule has 1 aliphatic heterocycles. The van der Waals surface area contributed by atoms with Crippen LogP contribution in [0.25, 0.3) is 11.1 Å². The molecule has 0 spiro atoms. The summed E-state index contributed by atoms with van der Waals surface area (Å²) < 4.78 is 71.6. The van der Waals surface area contributed by atoms with E-state index in [0.29, 0.717) is 24.5 Å². The molecule has 0 saturated carbocycles. The van der Waals surface area contributed by atoms with E-state index in [-0.39, 0.29) is 12.1 Å². The second-order valence-electron chi connectivity index (χ2n) is 10.9. The molecule has 5 rings (SSSR count). The van der Waals surface area contributed by atoms with Crippen LogP contribution in [0.3, 0.4) is 0 Å². The van der Waals surface area contributed by atoms with Gasteiger partial charge in [0.1, 0.15) is 6.10 Å². The number of anilines is 1. The van der Waals surface area contributed by atoms with E-state index in [2.05, 4.69) is 26.8 Å². The first-order valence-electron chi connectivity index (χ1n) is 14.3. The third-order valence-electron chi connectivity index (χ3n) is 6.96. The highest BCUT2D eigenvalue weighted by Gasteiger charge is 2.39. The summed E-state index contributed by atoms with van der Waals surface area (Å²) in [6, 6.07) is 21.0. The van der Waals surface area contributed by atoms with Crippen molar-refractivity contribution in [3.8, 4) is 23.1 Å². The highest BCUT2D eigenvalue weighted by Crippen LogP contribution is 2.34. The van der Waals surface area contributed by atoms with Gasteiger partial charge < -0.3 is 30.7 Å². The van der Waals surface area contributed by atoms with Crippen LogP contribution in [0.4, 0.5) is 32.0 Å².